The van der Waals surface area contributed by atoms with Gasteiger partial charge >= 0.3 is 0 Å². The van der Waals surface area contributed by atoms with Crippen molar-refractivity contribution in [2.45, 2.75) is 49.5 Å². The van der Waals surface area contributed by atoms with E-state index in [1.54, 1.807) is 0 Å². The van der Waals surface area contributed by atoms with Crippen LogP contribution in [0.1, 0.15) is 60.3 Å². The predicted octanol–water partition coefficient (Wildman–Crippen LogP) is 5.98. The molecule has 0 aliphatic heterocycles. The number of nitrogens with one attached hydrogen (secondary N) is 2. The number of nitrogens with two attached hydrogens (primary N) is 1. The third-order valence-corrected chi connectivity index (χ3v) is 8.28. The van der Waals surface area contributed by atoms with Crippen molar-refractivity contribution in [3.8, 4) is 0 Å². The Morgan fingerprint density at radius 2 is 1.45 bits per heavy atom. The standard InChI is InChI=1S/C32H34N6/c33-29-22-28(30-31(35-29)37-38-36-30)27(23-10-4-1-5-11-23)18-21-34-26-16-19-32(20-17-26,24-12-6-2-7-13-24)25-14-8-3-9-15-25/h1-15,22,26-27,34H,16-21H2,(H3,33,35,36,37,38). The number of hydrogen-bond donors (Lipinski definition) is 3. The molecular formula is C32H34N6. The fraction of sp³-hybridized carbons (Fsp3) is 0.281. The van der Waals surface area contributed by atoms with Crippen LogP contribution in [0.2, 0.25) is 0 Å². The number of benzene rings is 3. The minimum absolute atomic E-state index is 0.0837. The first-order valence-corrected chi connectivity index (χ1v) is 13.6. The van der Waals surface area contributed by atoms with Crippen LogP contribution in [0.5, 0.6) is 0 Å². The van der Waals surface area contributed by atoms with E-state index in [2.05, 4.69) is 117 Å². The monoisotopic (exact) mass is 502 g/mol. The Balaban J connectivity index is 1.18. The van der Waals surface area contributed by atoms with Gasteiger partial charge in [-0.3, -0.25) is 0 Å². The number of rotatable bonds is 8. The second-order valence-electron chi connectivity index (χ2n) is 10.4. The largest absolute Gasteiger partial charge is 0.384 e. The van der Waals surface area contributed by atoms with Crippen molar-refractivity contribution in [2.75, 3.05) is 12.3 Å². The van der Waals surface area contributed by atoms with E-state index in [4.69, 9.17) is 5.73 Å². The summed E-state index contributed by atoms with van der Waals surface area (Å²) in [6.45, 7) is 0.912. The average molecular weight is 503 g/mol. The van der Waals surface area contributed by atoms with Crippen molar-refractivity contribution in [1.29, 1.82) is 0 Å². The second kappa shape index (κ2) is 10.8. The van der Waals surface area contributed by atoms with Gasteiger partial charge in [0.15, 0.2) is 0 Å². The number of aromatic amines is 1. The number of H-pyrrole nitrogens is 1. The smallest absolute Gasteiger partial charge is 0.203 e. The fourth-order valence-electron chi connectivity index (χ4n) is 6.34. The van der Waals surface area contributed by atoms with Gasteiger partial charge in [-0.2, -0.15) is 10.3 Å². The van der Waals surface area contributed by atoms with Crippen molar-refractivity contribution in [1.82, 2.24) is 25.7 Å². The highest BCUT2D eigenvalue weighted by Crippen LogP contribution is 2.45. The van der Waals surface area contributed by atoms with Crippen LogP contribution in [0.3, 0.4) is 0 Å². The topological polar surface area (TPSA) is 92.5 Å². The Morgan fingerprint density at radius 3 is 2.08 bits per heavy atom. The SMILES string of the molecule is Nc1cc(C(CCNC2CCC(c3ccccc3)(c3ccccc3)CC2)c2ccccc2)c2n[nH]nc2n1. The van der Waals surface area contributed by atoms with Gasteiger partial charge in [-0.05, 0) is 67.0 Å². The molecule has 1 unspecified atom stereocenters. The molecule has 0 amide bonds. The van der Waals surface area contributed by atoms with Crippen molar-refractivity contribution >= 4 is 17.0 Å². The molecule has 1 aliphatic rings. The minimum atomic E-state index is 0.0837. The van der Waals surface area contributed by atoms with Gasteiger partial charge in [0.2, 0.25) is 5.65 Å². The van der Waals surface area contributed by atoms with Crippen LogP contribution in [0, 0.1) is 0 Å². The maximum Gasteiger partial charge on any atom is 0.203 e. The Labute approximate surface area is 223 Å². The molecule has 192 valence electrons. The van der Waals surface area contributed by atoms with E-state index in [1.807, 2.05) is 6.07 Å². The Bertz CT molecular complexity index is 1420. The summed E-state index contributed by atoms with van der Waals surface area (Å²) in [5.74, 6) is 0.624. The van der Waals surface area contributed by atoms with Gasteiger partial charge in [-0.1, -0.05) is 91.0 Å². The first-order chi connectivity index (χ1) is 18.7. The molecule has 38 heavy (non-hydrogen) atoms. The number of pyridine rings is 1. The van der Waals surface area contributed by atoms with Gasteiger partial charge in [-0.15, -0.1) is 5.10 Å². The van der Waals surface area contributed by atoms with Crippen LogP contribution < -0.4 is 11.1 Å². The number of nitrogens with zero attached hydrogens (tertiary/aromatic N) is 3. The molecule has 0 saturated heterocycles. The maximum absolute atomic E-state index is 6.16. The lowest BCUT2D eigenvalue weighted by molar-refractivity contribution is 0.281. The number of hydrogen-bond acceptors (Lipinski definition) is 5. The van der Waals surface area contributed by atoms with Gasteiger partial charge in [0.1, 0.15) is 11.3 Å². The van der Waals surface area contributed by atoms with E-state index in [-0.39, 0.29) is 11.3 Å². The van der Waals surface area contributed by atoms with Crippen molar-refractivity contribution in [2.24, 2.45) is 0 Å². The highest BCUT2D eigenvalue weighted by atomic mass is 15.3. The molecule has 6 heteroatoms. The second-order valence-corrected chi connectivity index (χ2v) is 10.4. The maximum atomic E-state index is 6.16. The van der Waals surface area contributed by atoms with E-state index >= 15 is 0 Å². The summed E-state index contributed by atoms with van der Waals surface area (Å²) in [6, 6.07) is 35.2. The van der Waals surface area contributed by atoms with Crippen LogP contribution >= 0.6 is 0 Å². The molecule has 2 heterocycles. The molecule has 6 nitrogen and oxygen atoms in total. The summed E-state index contributed by atoms with van der Waals surface area (Å²) in [4.78, 5) is 4.35. The summed E-state index contributed by atoms with van der Waals surface area (Å²) < 4.78 is 0. The third kappa shape index (κ3) is 4.79. The van der Waals surface area contributed by atoms with Gasteiger partial charge in [0, 0.05) is 17.4 Å². The molecule has 0 radical (unpaired) electrons. The lowest BCUT2D eigenvalue weighted by Crippen LogP contribution is -2.41. The predicted molar refractivity (Wildman–Crippen MR) is 153 cm³/mol. The van der Waals surface area contributed by atoms with Gasteiger partial charge in [0.25, 0.3) is 0 Å². The van der Waals surface area contributed by atoms with E-state index in [1.165, 1.54) is 16.7 Å². The lowest BCUT2D eigenvalue weighted by Gasteiger charge is -2.41. The molecule has 1 fully saturated rings. The van der Waals surface area contributed by atoms with Gasteiger partial charge in [-0.25, -0.2) is 4.98 Å². The minimum Gasteiger partial charge on any atom is -0.384 e. The van der Waals surface area contributed by atoms with Crippen LogP contribution in [-0.4, -0.2) is 33.0 Å². The molecule has 0 bridgehead atoms. The average Bonchev–Trinajstić information content (AvgIpc) is 3.45. The molecule has 6 rings (SSSR count). The number of fused-ring (bicyclic) bond motifs is 1. The summed E-state index contributed by atoms with van der Waals surface area (Å²) in [5, 5.41) is 15.2. The Hall–Kier alpha value is -4.03. The molecule has 5 aromatic rings. The van der Waals surface area contributed by atoms with Crippen molar-refractivity contribution in [3.63, 3.8) is 0 Å². The molecular weight excluding hydrogens is 468 g/mol. The molecule has 1 atom stereocenters. The molecule has 1 saturated carbocycles. The van der Waals surface area contributed by atoms with Crippen molar-refractivity contribution < 1.29 is 0 Å². The quantitative estimate of drug-likeness (QED) is 0.243. The Kier molecular flexibility index (Phi) is 6.88. The number of anilines is 1. The third-order valence-electron chi connectivity index (χ3n) is 8.28. The van der Waals surface area contributed by atoms with Crippen molar-refractivity contribution in [3.05, 3.63) is 119 Å². The summed E-state index contributed by atoms with van der Waals surface area (Å²) >= 11 is 0. The number of aromatic nitrogens is 4. The molecule has 0 spiro atoms. The first kappa shape index (κ1) is 24.3. The normalized spacial score (nSPS) is 16.4. The van der Waals surface area contributed by atoms with Crippen LogP contribution in [0.25, 0.3) is 11.2 Å². The van der Waals surface area contributed by atoms with E-state index in [0.717, 1.165) is 49.7 Å². The molecule has 3 aromatic carbocycles. The summed E-state index contributed by atoms with van der Waals surface area (Å²) in [6.07, 6.45) is 5.52. The van der Waals surface area contributed by atoms with Crippen LogP contribution in [-0.2, 0) is 5.41 Å². The number of nitrogen functional groups attached to an aromatic ring is 1. The zero-order chi connectivity index (χ0) is 25.8. The highest BCUT2D eigenvalue weighted by Gasteiger charge is 2.38. The zero-order valence-corrected chi connectivity index (χ0v) is 21.6. The van der Waals surface area contributed by atoms with Gasteiger partial charge < -0.3 is 11.1 Å². The van der Waals surface area contributed by atoms with E-state index in [0.29, 0.717) is 17.5 Å². The van der Waals surface area contributed by atoms with Crippen LogP contribution in [0.4, 0.5) is 5.82 Å². The highest BCUT2D eigenvalue weighted by molar-refractivity contribution is 5.77. The summed E-state index contributed by atoms with van der Waals surface area (Å²) in [7, 11) is 0. The Morgan fingerprint density at radius 1 is 0.842 bits per heavy atom. The zero-order valence-electron chi connectivity index (χ0n) is 21.6. The lowest BCUT2D eigenvalue weighted by atomic mass is 9.64. The summed E-state index contributed by atoms with van der Waals surface area (Å²) in [5.41, 5.74) is 12.8. The first-order valence-electron chi connectivity index (χ1n) is 13.6. The molecule has 1 aliphatic carbocycles. The fourth-order valence-corrected chi connectivity index (χ4v) is 6.34. The van der Waals surface area contributed by atoms with Gasteiger partial charge in [0.05, 0.1) is 0 Å². The van der Waals surface area contributed by atoms with E-state index < -0.39 is 0 Å². The molecule has 4 N–H and O–H groups in total. The van der Waals surface area contributed by atoms with E-state index in [9.17, 15) is 0 Å². The van der Waals surface area contributed by atoms with Crippen LogP contribution in [0.15, 0.2) is 97.1 Å². The molecule has 2 aromatic heterocycles.